The van der Waals surface area contributed by atoms with E-state index in [2.05, 4.69) is 14.1 Å². The van der Waals surface area contributed by atoms with Gasteiger partial charge in [0, 0.05) is 0 Å². The second-order valence-electron chi connectivity index (χ2n) is 3.42. The smallest absolute Gasteiger partial charge is 0.326 e. The van der Waals surface area contributed by atoms with E-state index in [1.54, 1.807) is 0 Å². The third kappa shape index (κ3) is 2.30. The van der Waals surface area contributed by atoms with Crippen LogP contribution in [0.25, 0.3) is 0 Å². The second kappa shape index (κ2) is 3.93. The summed E-state index contributed by atoms with van der Waals surface area (Å²) in [6, 6.07) is -0.792. The molecule has 1 aliphatic carbocycles. The maximum atomic E-state index is 11.5. The number of carboxylic acids is 1. The van der Waals surface area contributed by atoms with Crippen LogP contribution in [0.15, 0.2) is 6.20 Å². The highest BCUT2D eigenvalue weighted by atomic mass is 32.1. The molecule has 0 bridgehead atoms. The van der Waals surface area contributed by atoms with Gasteiger partial charge >= 0.3 is 5.97 Å². The van der Waals surface area contributed by atoms with E-state index >= 15 is 0 Å². The number of carbonyl (C=O) groups is 2. The van der Waals surface area contributed by atoms with Crippen LogP contribution in [0.4, 0.5) is 0 Å². The lowest BCUT2D eigenvalue weighted by atomic mass is 10.2. The molecular weight excluding hydrogens is 218 g/mol. The van der Waals surface area contributed by atoms with Crippen LogP contribution in [-0.2, 0) is 4.79 Å². The van der Waals surface area contributed by atoms with Crippen molar-refractivity contribution in [2.75, 3.05) is 0 Å². The van der Waals surface area contributed by atoms with Gasteiger partial charge in [-0.3, -0.25) is 4.79 Å². The van der Waals surface area contributed by atoms with Crippen molar-refractivity contribution in [3.63, 3.8) is 0 Å². The number of nitrogens with zero attached hydrogens (tertiary/aromatic N) is 2. The fraction of sp³-hybridized carbons (Fsp3) is 0.500. The van der Waals surface area contributed by atoms with Crippen molar-refractivity contribution < 1.29 is 14.7 Å². The minimum absolute atomic E-state index is 0.0676. The summed E-state index contributed by atoms with van der Waals surface area (Å²) in [7, 11) is 0. The Morgan fingerprint density at radius 1 is 1.60 bits per heavy atom. The molecular formula is C8H9N3O3S. The fourth-order valence-corrected chi connectivity index (χ4v) is 1.70. The first kappa shape index (κ1) is 10.0. The molecule has 0 saturated heterocycles. The van der Waals surface area contributed by atoms with Gasteiger partial charge in [0.05, 0.1) is 17.9 Å². The molecule has 1 aromatic rings. The zero-order chi connectivity index (χ0) is 10.8. The molecule has 1 aliphatic rings. The molecule has 6 nitrogen and oxygen atoms in total. The van der Waals surface area contributed by atoms with Crippen LogP contribution >= 0.6 is 11.7 Å². The highest BCUT2D eigenvalue weighted by Crippen LogP contribution is 2.32. The molecule has 0 aromatic carbocycles. The van der Waals surface area contributed by atoms with Crippen molar-refractivity contribution in [3.05, 3.63) is 11.9 Å². The van der Waals surface area contributed by atoms with E-state index in [1.807, 2.05) is 0 Å². The average Bonchev–Trinajstić information content (AvgIpc) is 2.87. The molecule has 1 amide bonds. The lowest BCUT2D eigenvalue weighted by molar-refractivity contribution is -0.139. The van der Waals surface area contributed by atoms with E-state index in [1.165, 1.54) is 6.20 Å². The number of carbonyl (C=O) groups excluding carboxylic acids is 1. The van der Waals surface area contributed by atoms with Crippen LogP contribution in [0.2, 0.25) is 0 Å². The first-order chi connectivity index (χ1) is 7.18. The van der Waals surface area contributed by atoms with Crippen molar-refractivity contribution in [1.29, 1.82) is 0 Å². The Morgan fingerprint density at radius 3 is 2.80 bits per heavy atom. The third-order valence-corrected chi connectivity index (χ3v) is 2.72. The summed E-state index contributed by atoms with van der Waals surface area (Å²) in [6.07, 6.45) is 3.03. The molecule has 1 aromatic heterocycles. The molecule has 1 saturated carbocycles. The van der Waals surface area contributed by atoms with Gasteiger partial charge in [0.2, 0.25) is 0 Å². The van der Waals surface area contributed by atoms with Crippen LogP contribution in [0.1, 0.15) is 23.3 Å². The van der Waals surface area contributed by atoms with Crippen molar-refractivity contribution in [1.82, 2.24) is 14.1 Å². The molecule has 2 rings (SSSR count). The summed E-state index contributed by atoms with van der Waals surface area (Å²) in [5, 5.41) is 11.3. The van der Waals surface area contributed by atoms with Crippen LogP contribution < -0.4 is 5.32 Å². The maximum Gasteiger partial charge on any atom is 0.326 e. The van der Waals surface area contributed by atoms with Gasteiger partial charge < -0.3 is 10.4 Å². The third-order valence-electron chi connectivity index (χ3n) is 2.24. The number of nitrogens with one attached hydrogen (secondary N) is 1. The Labute approximate surface area is 89.6 Å². The van der Waals surface area contributed by atoms with Crippen molar-refractivity contribution >= 4 is 23.6 Å². The Hall–Kier alpha value is -1.50. The second-order valence-corrected chi connectivity index (χ2v) is 3.98. The zero-order valence-corrected chi connectivity index (χ0v) is 8.53. The summed E-state index contributed by atoms with van der Waals surface area (Å²) in [5.74, 6) is -1.39. The van der Waals surface area contributed by atoms with Gasteiger partial charge in [0.15, 0.2) is 5.69 Å². The van der Waals surface area contributed by atoms with Crippen molar-refractivity contribution in [2.45, 2.75) is 18.9 Å². The van der Waals surface area contributed by atoms with E-state index < -0.39 is 17.9 Å². The first-order valence-electron chi connectivity index (χ1n) is 4.49. The quantitative estimate of drug-likeness (QED) is 0.762. The van der Waals surface area contributed by atoms with Gasteiger partial charge in [-0.15, -0.1) is 0 Å². The average molecular weight is 227 g/mol. The van der Waals surface area contributed by atoms with Crippen LogP contribution in [-0.4, -0.2) is 31.8 Å². The lowest BCUT2D eigenvalue weighted by Crippen LogP contribution is -2.42. The number of amides is 1. The molecule has 0 aliphatic heterocycles. The van der Waals surface area contributed by atoms with E-state index in [9.17, 15) is 9.59 Å². The van der Waals surface area contributed by atoms with Gasteiger partial charge in [-0.05, 0) is 18.8 Å². The van der Waals surface area contributed by atoms with E-state index in [-0.39, 0.29) is 11.6 Å². The van der Waals surface area contributed by atoms with Gasteiger partial charge in [-0.2, -0.15) is 8.75 Å². The van der Waals surface area contributed by atoms with E-state index in [4.69, 9.17) is 5.11 Å². The first-order valence-corrected chi connectivity index (χ1v) is 5.22. The van der Waals surface area contributed by atoms with Crippen LogP contribution in [0.5, 0.6) is 0 Å². The predicted octanol–water partition coefficient (Wildman–Crippen LogP) is 0.131. The Kier molecular flexibility index (Phi) is 2.63. The van der Waals surface area contributed by atoms with Gasteiger partial charge in [-0.25, -0.2) is 4.79 Å². The normalized spacial score (nSPS) is 17.1. The minimum Gasteiger partial charge on any atom is -0.480 e. The number of aromatic nitrogens is 2. The Balaban J connectivity index is 2.00. The summed E-state index contributed by atoms with van der Waals surface area (Å²) < 4.78 is 7.41. The fourth-order valence-electron chi connectivity index (χ4n) is 1.29. The SMILES string of the molecule is O=C(NC(C(=O)O)C1CC1)c1cnsn1. The highest BCUT2D eigenvalue weighted by Gasteiger charge is 2.37. The van der Waals surface area contributed by atoms with Crippen molar-refractivity contribution in [3.8, 4) is 0 Å². The molecule has 0 radical (unpaired) electrons. The molecule has 80 valence electrons. The minimum atomic E-state index is -0.992. The number of carboxylic acid groups (broad SMARTS) is 1. The molecule has 15 heavy (non-hydrogen) atoms. The Morgan fingerprint density at radius 2 is 2.33 bits per heavy atom. The molecule has 0 spiro atoms. The van der Waals surface area contributed by atoms with Crippen molar-refractivity contribution in [2.24, 2.45) is 5.92 Å². The number of hydrogen-bond donors (Lipinski definition) is 2. The van der Waals surface area contributed by atoms with E-state index in [0.717, 1.165) is 24.6 Å². The molecule has 2 N–H and O–H groups in total. The number of hydrogen-bond acceptors (Lipinski definition) is 5. The van der Waals surface area contributed by atoms with E-state index in [0.29, 0.717) is 0 Å². The summed E-state index contributed by atoms with van der Waals surface area (Å²) in [5.41, 5.74) is 0.173. The molecule has 7 heteroatoms. The highest BCUT2D eigenvalue weighted by molar-refractivity contribution is 6.99. The maximum absolute atomic E-state index is 11.5. The standard InChI is InChI=1S/C8H9N3O3S/c12-7(5-3-9-15-11-5)10-6(8(13)14)4-1-2-4/h3-4,6H,1-2H2,(H,10,12)(H,13,14). The number of aliphatic carboxylic acids is 1. The predicted molar refractivity (Wildman–Crippen MR) is 51.5 cm³/mol. The topological polar surface area (TPSA) is 92.2 Å². The number of rotatable bonds is 4. The zero-order valence-electron chi connectivity index (χ0n) is 7.71. The van der Waals surface area contributed by atoms with Gasteiger partial charge in [-0.1, -0.05) is 0 Å². The largest absolute Gasteiger partial charge is 0.480 e. The van der Waals surface area contributed by atoms with Gasteiger partial charge in [0.25, 0.3) is 5.91 Å². The molecule has 1 heterocycles. The summed E-state index contributed by atoms with van der Waals surface area (Å²) in [4.78, 5) is 22.3. The van der Waals surface area contributed by atoms with Gasteiger partial charge in [0.1, 0.15) is 6.04 Å². The lowest BCUT2D eigenvalue weighted by Gasteiger charge is -2.11. The van der Waals surface area contributed by atoms with Crippen LogP contribution in [0, 0.1) is 5.92 Å². The summed E-state index contributed by atoms with van der Waals surface area (Å²) >= 11 is 0.919. The van der Waals surface area contributed by atoms with Crippen LogP contribution in [0.3, 0.4) is 0 Å². The summed E-state index contributed by atoms with van der Waals surface area (Å²) in [6.45, 7) is 0. The molecule has 1 atom stereocenters. The molecule has 1 fully saturated rings. The monoisotopic (exact) mass is 227 g/mol. The Bertz CT molecular complexity index is 374. The molecule has 1 unspecified atom stereocenters.